The molecule has 0 amide bonds. The summed E-state index contributed by atoms with van der Waals surface area (Å²) in [6.07, 6.45) is 1.99. The number of hydrogen-bond donors (Lipinski definition) is 0. The van der Waals surface area contributed by atoms with E-state index in [0.29, 0.717) is 22.8 Å². The lowest BCUT2D eigenvalue weighted by Gasteiger charge is -2.06. The van der Waals surface area contributed by atoms with Gasteiger partial charge in [-0.15, -0.1) is 23.1 Å². The summed E-state index contributed by atoms with van der Waals surface area (Å²) < 4.78 is 6.70. The van der Waals surface area contributed by atoms with Gasteiger partial charge in [-0.25, -0.2) is 4.98 Å². The second kappa shape index (κ2) is 7.84. The van der Waals surface area contributed by atoms with Crippen molar-refractivity contribution in [3.8, 4) is 0 Å². The number of rotatable bonds is 6. The van der Waals surface area contributed by atoms with E-state index in [-0.39, 0.29) is 18.1 Å². The minimum Gasteiger partial charge on any atom is -0.459 e. The van der Waals surface area contributed by atoms with Crippen LogP contribution in [0.4, 0.5) is 0 Å². The lowest BCUT2D eigenvalue weighted by atomic mass is 10.1. The Labute approximate surface area is 153 Å². The highest BCUT2D eigenvalue weighted by Gasteiger charge is 2.08. The normalized spacial score (nSPS) is 11.0. The Morgan fingerprint density at radius 1 is 1.28 bits per heavy atom. The van der Waals surface area contributed by atoms with E-state index in [9.17, 15) is 9.59 Å². The van der Waals surface area contributed by atoms with E-state index in [4.69, 9.17) is 4.74 Å². The summed E-state index contributed by atoms with van der Waals surface area (Å²) in [6, 6.07) is 7.67. The molecule has 25 heavy (non-hydrogen) atoms. The number of esters is 1. The topological polar surface area (TPSA) is 60.7 Å². The number of carbonyl (C=O) groups excluding carboxylic acids is 1. The van der Waals surface area contributed by atoms with E-state index in [2.05, 4.69) is 37.0 Å². The fourth-order valence-corrected chi connectivity index (χ4v) is 3.91. The van der Waals surface area contributed by atoms with Gasteiger partial charge in [-0.1, -0.05) is 6.07 Å². The van der Waals surface area contributed by atoms with Crippen LogP contribution in [0.15, 0.2) is 45.5 Å². The smallest absolute Gasteiger partial charge is 0.307 e. The van der Waals surface area contributed by atoms with Gasteiger partial charge in [0.15, 0.2) is 4.96 Å². The maximum absolute atomic E-state index is 11.9. The molecule has 130 valence electrons. The molecule has 7 heteroatoms. The molecule has 0 radical (unpaired) electrons. The summed E-state index contributed by atoms with van der Waals surface area (Å²) in [5, 5.41) is 1.80. The third-order valence-corrected chi connectivity index (χ3v) is 5.54. The Hall–Kier alpha value is -2.12. The Morgan fingerprint density at radius 2 is 2.12 bits per heavy atom. The van der Waals surface area contributed by atoms with E-state index in [1.807, 2.05) is 0 Å². The summed E-state index contributed by atoms with van der Waals surface area (Å²) in [4.78, 5) is 29.8. The van der Waals surface area contributed by atoms with Crippen LogP contribution in [0.5, 0.6) is 0 Å². The second-order valence-corrected chi connectivity index (χ2v) is 7.69. The predicted octanol–water partition coefficient (Wildman–Crippen LogP) is 3.60. The highest BCUT2D eigenvalue weighted by atomic mass is 32.2. The molecule has 0 aliphatic heterocycles. The maximum Gasteiger partial charge on any atom is 0.307 e. The number of aryl methyl sites for hydroxylation is 2. The SMILES string of the molecule is Cc1ccc(SCCC(=O)OCc2cc(=O)n3ccsc3n2)cc1C. The lowest BCUT2D eigenvalue weighted by Crippen LogP contribution is -2.14. The fourth-order valence-electron chi connectivity index (χ4n) is 2.24. The summed E-state index contributed by atoms with van der Waals surface area (Å²) >= 11 is 3.00. The van der Waals surface area contributed by atoms with Gasteiger partial charge in [0.1, 0.15) is 6.61 Å². The van der Waals surface area contributed by atoms with Gasteiger partial charge in [0.25, 0.3) is 5.56 Å². The Morgan fingerprint density at radius 3 is 2.92 bits per heavy atom. The van der Waals surface area contributed by atoms with E-state index in [1.54, 1.807) is 23.3 Å². The van der Waals surface area contributed by atoms with Crippen LogP contribution in [0.3, 0.4) is 0 Å². The van der Waals surface area contributed by atoms with Crippen molar-refractivity contribution in [1.82, 2.24) is 9.38 Å². The zero-order valence-electron chi connectivity index (χ0n) is 14.0. The monoisotopic (exact) mass is 374 g/mol. The molecular formula is C18H18N2O3S2. The van der Waals surface area contributed by atoms with Crippen molar-refractivity contribution >= 4 is 34.0 Å². The lowest BCUT2D eigenvalue weighted by molar-refractivity contribution is -0.144. The fraction of sp³-hybridized carbons (Fsp3) is 0.278. The first kappa shape index (κ1) is 17.7. The molecule has 0 saturated carbocycles. The molecule has 0 unspecified atom stereocenters. The molecule has 0 N–H and O–H groups in total. The van der Waals surface area contributed by atoms with E-state index >= 15 is 0 Å². The molecule has 3 rings (SSSR count). The molecule has 3 aromatic rings. The highest BCUT2D eigenvalue weighted by molar-refractivity contribution is 7.99. The quantitative estimate of drug-likeness (QED) is 0.487. The Kier molecular flexibility index (Phi) is 5.55. The van der Waals surface area contributed by atoms with E-state index in [0.717, 1.165) is 4.90 Å². The summed E-state index contributed by atoms with van der Waals surface area (Å²) in [7, 11) is 0. The summed E-state index contributed by atoms with van der Waals surface area (Å²) in [6.45, 7) is 4.18. The number of aromatic nitrogens is 2. The molecule has 5 nitrogen and oxygen atoms in total. The van der Waals surface area contributed by atoms with Crippen molar-refractivity contribution in [2.75, 3.05) is 5.75 Å². The van der Waals surface area contributed by atoms with Gasteiger partial charge < -0.3 is 4.74 Å². The van der Waals surface area contributed by atoms with Gasteiger partial charge in [0.05, 0.1) is 12.1 Å². The van der Waals surface area contributed by atoms with Crippen molar-refractivity contribution in [2.24, 2.45) is 0 Å². The van der Waals surface area contributed by atoms with Crippen LogP contribution in [0.25, 0.3) is 4.96 Å². The van der Waals surface area contributed by atoms with Gasteiger partial charge in [-0.3, -0.25) is 14.0 Å². The van der Waals surface area contributed by atoms with Crippen molar-refractivity contribution in [3.05, 3.63) is 63.0 Å². The average molecular weight is 374 g/mol. The maximum atomic E-state index is 11.9. The first-order valence-electron chi connectivity index (χ1n) is 7.84. The van der Waals surface area contributed by atoms with Crippen LogP contribution in [0.2, 0.25) is 0 Å². The molecule has 0 saturated heterocycles. The number of carbonyl (C=O) groups is 1. The molecule has 0 aliphatic rings. The average Bonchev–Trinajstić information content (AvgIpc) is 3.05. The van der Waals surface area contributed by atoms with E-state index < -0.39 is 0 Å². The molecule has 1 aromatic carbocycles. The number of fused-ring (bicyclic) bond motifs is 1. The highest BCUT2D eigenvalue weighted by Crippen LogP contribution is 2.21. The third-order valence-electron chi connectivity index (χ3n) is 3.79. The third kappa shape index (κ3) is 4.49. The van der Waals surface area contributed by atoms with Gasteiger partial charge >= 0.3 is 5.97 Å². The Bertz CT molecular complexity index is 962. The zero-order valence-corrected chi connectivity index (χ0v) is 15.7. The van der Waals surface area contributed by atoms with Crippen molar-refractivity contribution in [1.29, 1.82) is 0 Å². The molecule has 0 atom stereocenters. The molecular weight excluding hydrogens is 356 g/mol. The molecule has 2 aromatic heterocycles. The molecule has 0 bridgehead atoms. The van der Waals surface area contributed by atoms with Crippen molar-refractivity contribution < 1.29 is 9.53 Å². The minimum atomic E-state index is -0.287. The van der Waals surface area contributed by atoms with Crippen LogP contribution < -0.4 is 5.56 Å². The number of hydrogen-bond acceptors (Lipinski definition) is 6. The van der Waals surface area contributed by atoms with Crippen LogP contribution in [0.1, 0.15) is 23.2 Å². The van der Waals surface area contributed by atoms with Crippen LogP contribution in [0, 0.1) is 13.8 Å². The summed E-state index contributed by atoms with van der Waals surface area (Å²) in [5.41, 5.74) is 2.81. The van der Waals surface area contributed by atoms with Crippen LogP contribution >= 0.6 is 23.1 Å². The molecule has 0 spiro atoms. The second-order valence-electron chi connectivity index (χ2n) is 5.65. The van der Waals surface area contributed by atoms with Crippen molar-refractivity contribution in [2.45, 2.75) is 31.8 Å². The van der Waals surface area contributed by atoms with Gasteiger partial charge in [0.2, 0.25) is 0 Å². The predicted molar refractivity (Wildman–Crippen MR) is 100 cm³/mol. The van der Waals surface area contributed by atoms with Gasteiger partial charge in [-0.05, 0) is 37.1 Å². The molecule has 2 heterocycles. The minimum absolute atomic E-state index is 0.0246. The zero-order chi connectivity index (χ0) is 17.8. The first-order chi connectivity index (χ1) is 12.0. The standard InChI is InChI=1S/C18H18N2O3S2/c1-12-3-4-15(9-13(12)2)24-7-5-17(22)23-11-14-10-16(21)20-6-8-25-18(20)19-14/h3-4,6,8-10H,5,7,11H2,1-2H3. The van der Waals surface area contributed by atoms with Gasteiger partial charge in [0, 0.05) is 28.3 Å². The largest absolute Gasteiger partial charge is 0.459 e. The number of benzene rings is 1. The van der Waals surface area contributed by atoms with Crippen LogP contribution in [-0.4, -0.2) is 21.1 Å². The first-order valence-corrected chi connectivity index (χ1v) is 9.71. The molecule has 0 aliphatic carbocycles. The summed E-state index contributed by atoms with van der Waals surface area (Å²) in [5.74, 6) is 0.367. The number of thiazole rings is 1. The molecule has 0 fully saturated rings. The van der Waals surface area contributed by atoms with Gasteiger partial charge in [-0.2, -0.15) is 0 Å². The van der Waals surface area contributed by atoms with Crippen LogP contribution in [-0.2, 0) is 16.1 Å². The number of thioether (sulfide) groups is 1. The van der Waals surface area contributed by atoms with E-state index in [1.165, 1.54) is 32.9 Å². The Balaban J connectivity index is 1.48. The number of nitrogens with zero attached hydrogens (tertiary/aromatic N) is 2. The number of ether oxygens (including phenoxy) is 1. The van der Waals surface area contributed by atoms with Crippen molar-refractivity contribution in [3.63, 3.8) is 0 Å².